The summed E-state index contributed by atoms with van der Waals surface area (Å²) in [5, 5.41) is 17.6. The third-order valence-electron chi connectivity index (χ3n) is 1.77. The van der Waals surface area contributed by atoms with Crippen LogP contribution in [0.1, 0.15) is 15.9 Å². The summed E-state index contributed by atoms with van der Waals surface area (Å²) in [6.45, 7) is 1.50. The Morgan fingerprint density at radius 3 is 2.54 bits per heavy atom. The number of aryl methyl sites for hydroxylation is 1. The van der Waals surface area contributed by atoms with Crippen LogP contribution in [0.5, 0.6) is 0 Å². The van der Waals surface area contributed by atoms with E-state index in [4.69, 9.17) is 10.0 Å². The maximum absolute atomic E-state index is 12.9. The number of rotatable bonds is 2. The van der Waals surface area contributed by atoms with Gasteiger partial charge in [-0.2, -0.15) is 0 Å². The lowest BCUT2D eigenvalue weighted by molar-refractivity contribution is 0.112. The van der Waals surface area contributed by atoms with Crippen molar-refractivity contribution in [2.24, 2.45) is 0 Å². The molecule has 0 atom stereocenters. The summed E-state index contributed by atoms with van der Waals surface area (Å²) in [4.78, 5) is 10.5. The van der Waals surface area contributed by atoms with Gasteiger partial charge >= 0.3 is 7.12 Å². The number of carbonyl (C=O) groups excluding carboxylic acids is 1. The Morgan fingerprint density at radius 1 is 1.46 bits per heavy atom. The molecule has 0 aliphatic carbocycles. The summed E-state index contributed by atoms with van der Waals surface area (Å²) in [5.41, 5.74) is 0.276. The lowest BCUT2D eigenvalue weighted by atomic mass is 9.76. The average Bonchev–Trinajstić information content (AvgIpc) is 2.08. The molecule has 0 bridgehead atoms. The molecular formula is C8H8BFO3. The molecule has 0 spiro atoms. The monoisotopic (exact) mass is 182 g/mol. The van der Waals surface area contributed by atoms with Crippen molar-refractivity contribution >= 4 is 18.9 Å². The van der Waals surface area contributed by atoms with Crippen LogP contribution in [0.3, 0.4) is 0 Å². The second-order valence-corrected chi connectivity index (χ2v) is 2.72. The van der Waals surface area contributed by atoms with Crippen LogP contribution in [0.4, 0.5) is 4.39 Å². The molecular weight excluding hydrogens is 174 g/mol. The topological polar surface area (TPSA) is 57.5 Å². The van der Waals surface area contributed by atoms with Gasteiger partial charge in [-0.25, -0.2) is 4.39 Å². The molecule has 0 radical (unpaired) electrons. The van der Waals surface area contributed by atoms with Gasteiger partial charge in [0, 0.05) is 5.56 Å². The van der Waals surface area contributed by atoms with E-state index in [-0.39, 0.29) is 11.0 Å². The second-order valence-electron chi connectivity index (χ2n) is 2.72. The van der Waals surface area contributed by atoms with Gasteiger partial charge < -0.3 is 10.0 Å². The summed E-state index contributed by atoms with van der Waals surface area (Å²) in [5.74, 6) is -0.561. The van der Waals surface area contributed by atoms with Gasteiger partial charge in [0.15, 0.2) is 0 Å². The first-order valence-electron chi connectivity index (χ1n) is 3.67. The fourth-order valence-corrected chi connectivity index (χ4v) is 1.04. The zero-order valence-electron chi connectivity index (χ0n) is 6.99. The van der Waals surface area contributed by atoms with Gasteiger partial charge in [0.2, 0.25) is 0 Å². The van der Waals surface area contributed by atoms with Gasteiger partial charge in [0.05, 0.1) is 0 Å². The van der Waals surface area contributed by atoms with Crippen LogP contribution in [0.15, 0.2) is 12.1 Å². The highest BCUT2D eigenvalue weighted by molar-refractivity contribution is 6.60. The molecule has 0 heterocycles. The van der Waals surface area contributed by atoms with Crippen LogP contribution in [0.25, 0.3) is 0 Å². The molecule has 0 saturated carbocycles. The number of aldehydes is 1. The molecule has 0 saturated heterocycles. The van der Waals surface area contributed by atoms with E-state index >= 15 is 0 Å². The number of halogens is 1. The van der Waals surface area contributed by atoms with Crippen molar-refractivity contribution in [3.63, 3.8) is 0 Å². The third kappa shape index (κ3) is 1.94. The largest absolute Gasteiger partial charge is 0.489 e. The van der Waals surface area contributed by atoms with E-state index < -0.39 is 12.9 Å². The van der Waals surface area contributed by atoms with E-state index in [0.717, 1.165) is 6.07 Å². The minimum Gasteiger partial charge on any atom is -0.423 e. The molecule has 1 aromatic carbocycles. The SMILES string of the molecule is Cc1cc(C=O)c(B(O)O)cc1F. The second kappa shape index (κ2) is 3.68. The molecule has 1 rings (SSSR count). The Labute approximate surface area is 75.0 Å². The average molecular weight is 182 g/mol. The van der Waals surface area contributed by atoms with Gasteiger partial charge in [-0.05, 0) is 30.1 Å². The molecule has 0 amide bonds. The van der Waals surface area contributed by atoms with Crippen LogP contribution < -0.4 is 5.46 Å². The number of carbonyl (C=O) groups is 1. The van der Waals surface area contributed by atoms with Gasteiger partial charge in [0.1, 0.15) is 12.1 Å². The lowest BCUT2D eigenvalue weighted by Gasteiger charge is -2.05. The van der Waals surface area contributed by atoms with E-state index in [1.807, 2.05) is 0 Å². The minimum atomic E-state index is -1.82. The molecule has 1 aromatic rings. The molecule has 0 aromatic heterocycles. The van der Waals surface area contributed by atoms with Crippen LogP contribution in [0, 0.1) is 12.7 Å². The fourth-order valence-electron chi connectivity index (χ4n) is 1.04. The van der Waals surface area contributed by atoms with E-state index in [2.05, 4.69) is 0 Å². The molecule has 0 aliphatic heterocycles. The maximum Gasteiger partial charge on any atom is 0.489 e. The number of hydrogen-bond donors (Lipinski definition) is 2. The van der Waals surface area contributed by atoms with Crippen molar-refractivity contribution in [3.8, 4) is 0 Å². The Balaban J connectivity index is 3.32. The summed E-state index contributed by atoms with van der Waals surface area (Å²) < 4.78 is 12.9. The van der Waals surface area contributed by atoms with Crippen molar-refractivity contribution < 1.29 is 19.2 Å². The van der Waals surface area contributed by atoms with Crippen molar-refractivity contribution in [1.82, 2.24) is 0 Å². The van der Waals surface area contributed by atoms with Crippen molar-refractivity contribution in [3.05, 3.63) is 29.1 Å². The van der Waals surface area contributed by atoms with E-state index in [9.17, 15) is 9.18 Å². The van der Waals surface area contributed by atoms with E-state index in [1.54, 1.807) is 0 Å². The lowest BCUT2D eigenvalue weighted by Crippen LogP contribution is -2.33. The Bertz CT molecular complexity index is 338. The summed E-state index contributed by atoms with van der Waals surface area (Å²) >= 11 is 0. The normalized spacial score (nSPS) is 9.85. The van der Waals surface area contributed by atoms with Gasteiger partial charge in [-0.1, -0.05) is 0 Å². The van der Waals surface area contributed by atoms with Crippen LogP contribution >= 0.6 is 0 Å². The van der Waals surface area contributed by atoms with E-state index in [1.165, 1.54) is 13.0 Å². The predicted molar refractivity (Wildman–Crippen MR) is 46.4 cm³/mol. The minimum absolute atomic E-state index is 0.0916. The molecule has 13 heavy (non-hydrogen) atoms. The Hall–Kier alpha value is -1.20. The Morgan fingerprint density at radius 2 is 2.08 bits per heavy atom. The molecule has 68 valence electrons. The third-order valence-corrected chi connectivity index (χ3v) is 1.77. The number of hydrogen-bond acceptors (Lipinski definition) is 3. The highest BCUT2D eigenvalue weighted by atomic mass is 19.1. The molecule has 5 heteroatoms. The number of benzene rings is 1. The van der Waals surface area contributed by atoms with Crippen LogP contribution in [0.2, 0.25) is 0 Å². The summed E-state index contributed by atoms with van der Waals surface area (Å²) in [6, 6.07) is 2.22. The van der Waals surface area contributed by atoms with Crippen molar-refractivity contribution in [2.45, 2.75) is 6.92 Å². The maximum atomic E-state index is 12.9. The van der Waals surface area contributed by atoms with Crippen molar-refractivity contribution in [1.29, 1.82) is 0 Å². The smallest absolute Gasteiger partial charge is 0.423 e. The van der Waals surface area contributed by atoms with Gasteiger partial charge in [-0.3, -0.25) is 4.79 Å². The fraction of sp³-hybridized carbons (Fsp3) is 0.125. The van der Waals surface area contributed by atoms with Crippen LogP contribution in [-0.4, -0.2) is 23.5 Å². The molecule has 0 aliphatic rings. The quantitative estimate of drug-likeness (QED) is 0.484. The first-order valence-corrected chi connectivity index (χ1v) is 3.67. The Kier molecular flexibility index (Phi) is 2.80. The first kappa shape index (κ1) is 9.89. The molecule has 0 fully saturated rings. The van der Waals surface area contributed by atoms with Gasteiger partial charge in [0.25, 0.3) is 0 Å². The van der Waals surface area contributed by atoms with E-state index in [0.29, 0.717) is 11.8 Å². The molecule has 3 nitrogen and oxygen atoms in total. The zero-order chi connectivity index (χ0) is 10.0. The first-order chi connectivity index (χ1) is 6.06. The highest BCUT2D eigenvalue weighted by Gasteiger charge is 2.17. The van der Waals surface area contributed by atoms with Gasteiger partial charge in [-0.15, -0.1) is 0 Å². The summed E-state index contributed by atoms with van der Waals surface area (Å²) in [7, 11) is -1.82. The standard InChI is InChI=1S/C8H8BFO3/c1-5-2-6(4-11)7(9(12)13)3-8(5)10/h2-4,12-13H,1H3. The molecule has 0 unspecified atom stereocenters. The molecule has 2 N–H and O–H groups in total. The summed E-state index contributed by atoms with van der Waals surface area (Å²) in [6.07, 6.45) is 0.460. The van der Waals surface area contributed by atoms with Crippen LogP contribution in [-0.2, 0) is 0 Å². The highest BCUT2D eigenvalue weighted by Crippen LogP contribution is 2.06. The zero-order valence-corrected chi connectivity index (χ0v) is 6.99. The van der Waals surface area contributed by atoms with Crippen molar-refractivity contribution in [2.75, 3.05) is 0 Å². The predicted octanol–water partition coefficient (Wildman–Crippen LogP) is -0.374.